The normalized spacial score (nSPS) is 22.7. The molecule has 2 aliphatic rings. The minimum absolute atomic E-state index is 0.0753. The number of allylic oxidation sites excluding steroid dienone is 1. The van der Waals surface area contributed by atoms with Crippen LogP contribution in [0.1, 0.15) is 42.6 Å². The van der Waals surface area contributed by atoms with Crippen LogP contribution in [0.3, 0.4) is 0 Å². The molecular formula is C20H21N3O2. The molecule has 0 saturated carbocycles. The molecule has 1 aromatic carbocycles. The lowest BCUT2D eigenvalue weighted by atomic mass is 9.70. The lowest BCUT2D eigenvalue weighted by molar-refractivity contribution is -0.122. The number of pyridine rings is 1. The van der Waals surface area contributed by atoms with Crippen molar-refractivity contribution in [3.8, 4) is 0 Å². The molecule has 1 aliphatic heterocycles. The van der Waals surface area contributed by atoms with E-state index in [0.29, 0.717) is 18.7 Å². The molecule has 0 radical (unpaired) electrons. The van der Waals surface area contributed by atoms with E-state index in [4.69, 9.17) is 0 Å². The van der Waals surface area contributed by atoms with Gasteiger partial charge in [0.25, 0.3) is 5.91 Å². The van der Waals surface area contributed by atoms with E-state index in [1.54, 1.807) is 6.07 Å². The van der Waals surface area contributed by atoms with Crippen LogP contribution in [-0.2, 0) is 4.79 Å². The van der Waals surface area contributed by atoms with Gasteiger partial charge in [0.2, 0.25) is 5.91 Å². The molecule has 1 aromatic heterocycles. The van der Waals surface area contributed by atoms with Crippen LogP contribution in [0.2, 0.25) is 0 Å². The number of nitrogens with one attached hydrogen (secondary N) is 2. The Labute approximate surface area is 146 Å². The third kappa shape index (κ3) is 3.02. The Morgan fingerprint density at radius 2 is 2.08 bits per heavy atom. The van der Waals surface area contributed by atoms with Crippen molar-refractivity contribution in [2.45, 2.75) is 32.1 Å². The fourth-order valence-corrected chi connectivity index (χ4v) is 3.85. The topological polar surface area (TPSA) is 71.1 Å². The largest absolute Gasteiger partial charge is 0.350 e. The zero-order valence-electron chi connectivity index (χ0n) is 14.0. The standard InChI is InChI=1S/C20H21N3O2/c24-18-10-12-20(11-4-3-7-17(20)23-18)13-21-19(25)16-9-8-14-5-1-2-6-15(14)22-16/h1-2,5-9H,3-4,10-13H2,(H,21,25)(H,23,24). The predicted octanol–water partition coefficient (Wildman–Crippen LogP) is 2.93. The maximum atomic E-state index is 12.6. The van der Waals surface area contributed by atoms with Crippen molar-refractivity contribution < 1.29 is 9.59 Å². The first-order valence-electron chi connectivity index (χ1n) is 8.81. The Bertz CT molecular complexity index is 874. The molecule has 0 spiro atoms. The van der Waals surface area contributed by atoms with Crippen molar-refractivity contribution in [1.29, 1.82) is 0 Å². The summed E-state index contributed by atoms with van der Waals surface area (Å²) in [7, 11) is 0. The Balaban J connectivity index is 1.51. The minimum atomic E-state index is -0.165. The number of carbonyl (C=O) groups excluding carboxylic acids is 2. The second-order valence-corrected chi connectivity index (χ2v) is 6.91. The summed E-state index contributed by atoms with van der Waals surface area (Å²) in [6, 6.07) is 11.4. The maximum absolute atomic E-state index is 12.6. The van der Waals surface area contributed by atoms with Gasteiger partial charge in [0.15, 0.2) is 0 Å². The highest BCUT2D eigenvalue weighted by atomic mass is 16.2. The molecule has 25 heavy (non-hydrogen) atoms. The van der Waals surface area contributed by atoms with E-state index in [0.717, 1.165) is 42.3 Å². The van der Waals surface area contributed by atoms with E-state index in [1.165, 1.54) is 0 Å². The Hall–Kier alpha value is -2.69. The van der Waals surface area contributed by atoms with Gasteiger partial charge in [-0.25, -0.2) is 4.98 Å². The van der Waals surface area contributed by atoms with Crippen LogP contribution >= 0.6 is 0 Å². The maximum Gasteiger partial charge on any atom is 0.269 e. The van der Waals surface area contributed by atoms with Gasteiger partial charge in [-0.3, -0.25) is 9.59 Å². The van der Waals surface area contributed by atoms with Crippen molar-refractivity contribution in [2.75, 3.05) is 6.54 Å². The average Bonchev–Trinajstić information content (AvgIpc) is 2.66. The number of hydrogen-bond donors (Lipinski definition) is 2. The molecule has 2 N–H and O–H groups in total. The summed E-state index contributed by atoms with van der Waals surface area (Å²) in [5.41, 5.74) is 2.09. The first-order valence-corrected chi connectivity index (χ1v) is 8.81. The Kier molecular flexibility index (Phi) is 3.99. The zero-order chi connectivity index (χ0) is 17.3. The fourth-order valence-electron chi connectivity index (χ4n) is 3.85. The number of piperidine rings is 1. The molecule has 128 valence electrons. The third-order valence-electron chi connectivity index (χ3n) is 5.30. The van der Waals surface area contributed by atoms with Gasteiger partial charge >= 0.3 is 0 Å². The number of benzene rings is 1. The summed E-state index contributed by atoms with van der Waals surface area (Å²) in [4.78, 5) is 28.7. The number of rotatable bonds is 3. The summed E-state index contributed by atoms with van der Waals surface area (Å²) in [6.07, 6.45) is 6.48. The number of para-hydroxylation sites is 1. The molecule has 4 rings (SSSR count). The average molecular weight is 335 g/mol. The number of aromatic nitrogens is 1. The molecule has 2 heterocycles. The van der Waals surface area contributed by atoms with Gasteiger partial charge in [-0.1, -0.05) is 30.3 Å². The van der Waals surface area contributed by atoms with Crippen LogP contribution in [-0.4, -0.2) is 23.3 Å². The van der Waals surface area contributed by atoms with Crippen LogP contribution in [0.15, 0.2) is 48.2 Å². The lowest BCUT2D eigenvalue weighted by Crippen LogP contribution is -2.48. The molecule has 1 unspecified atom stereocenters. The number of fused-ring (bicyclic) bond motifs is 2. The summed E-state index contributed by atoms with van der Waals surface area (Å²) in [5.74, 6) is -0.0896. The Morgan fingerprint density at radius 1 is 1.20 bits per heavy atom. The predicted molar refractivity (Wildman–Crippen MR) is 95.8 cm³/mol. The molecule has 1 saturated heterocycles. The number of amides is 2. The quantitative estimate of drug-likeness (QED) is 0.906. The molecule has 2 aromatic rings. The van der Waals surface area contributed by atoms with Crippen LogP contribution in [0.4, 0.5) is 0 Å². The van der Waals surface area contributed by atoms with Crippen molar-refractivity contribution in [1.82, 2.24) is 15.6 Å². The smallest absolute Gasteiger partial charge is 0.269 e. The monoisotopic (exact) mass is 335 g/mol. The zero-order valence-corrected chi connectivity index (χ0v) is 14.0. The fraction of sp³-hybridized carbons (Fsp3) is 0.350. The third-order valence-corrected chi connectivity index (χ3v) is 5.30. The van der Waals surface area contributed by atoms with Gasteiger partial charge in [0.1, 0.15) is 5.69 Å². The summed E-state index contributed by atoms with van der Waals surface area (Å²) in [5, 5.41) is 7.07. The lowest BCUT2D eigenvalue weighted by Gasteiger charge is -2.42. The van der Waals surface area contributed by atoms with Gasteiger partial charge in [0.05, 0.1) is 5.52 Å². The van der Waals surface area contributed by atoms with E-state index in [-0.39, 0.29) is 17.2 Å². The highest BCUT2D eigenvalue weighted by Crippen LogP contribution is 2.42. The van der Waals surface area contributed by atoms with Crippen molar-refractivity contribution in [3.05, 3.63) is 53.9 Å². The summed E-state index contributed by atoms with van der Waals surface area (Å²) >= 11 is 0. The number of hydrogen-bond acceptors (Lipinski definition) is 3. The van der Waals surface area contributed by atoms with Crippen LogP contribution in [0.25, 0.3) is 10.9 Å². The molecule has 1 atom stereocenters. The van der Waals surface area contributed by atoms with E-state index in [1.807, 2.05) is 30.3 Å². The van der Waals surface area contributed by atoms with Crippen molar-refractivity contribution in [2.24, 2.45) is 5.41 Å². The molecular weight excluding hydrogens is 314 g/mol. The first-order chi connectivity index (χ1) is 12.2. The highest BCUT2D eigenvalue weighted by molar-refractivity contribution is 5.95. The summed E-state index contributed by atoms with van der Waals surface area (Å²) in [6.45, 7) is 0.534. The van der Waals surface area contributed by atoms with Crippen molar-refractivity contribution >= 4 is 22.7 Å². The van der Waals surface area contributed by atoms with E-state index in [9.17, 15) is 9.59 Å². The van der Waals surface area contributed by atoms with Crippen LogP contribution in [0, 0.1) is 5.41 Å². The summed E-state index contributed by atoms with van der Waals surface area (Å²) < 4.78 is 0. The van der Waals surface area contributed by atoms with E-state index < -0.39 is 0 Å². The molecule has 1 fully saturated rings. The molecule has 1 aliphatic carbocycles. The van der Waals surface area contributed by atoms with E-state index >= 15 is 0 Å². The van der Waals surface area contributed by atoms with Gasteiger partial charge in [0, 0.05) is 29.5 Å². The molecule has 5 nitrogen and oxygen atoms in total. The van der Waals surface area contributed by atoms with Crippen LogP contribution < -0.4 is 10.6 Å². The van der Waals surface area contributed by atoms with E-state index in [2.05, 4.69) is 21.7 Å². The minimum Gasteiger partial charge on any atom is -0.350 e. The van der Waals surface area contributed by atoms with Gasteiger partial charge in [-0.15, -0.1) is 0 Å². The molecule has 0 bridgehead atoms. The van der Waals surface area contributed by atoms with Gasteiger partial charge < -0.3 is 10.6 Å². The van der Waals surface area contributed by atoms with Gasteiger partial charge in [-0.2, -0.15) is 0 Å². The molecule has 5 heteroatoms. The second-order valence-electron chi connectivity index (χ2n) is 6.91. The number of nitrogens with zero attached hydrogens (tertiary/aromatic N) is 1. The highest BCUT2D eigenvalue weighted by Gasteiger charge is 2.40. The first kappa shape index (κ1) is 15.8. The van der Waals surface area contributed by atoms with Crippen molar-refractivity contribution in [3.63, 3.8) is 0 Å². The Morgan fingerprint density at radius 3 is 3.00 bits per heavy atom. The van der Waals surface area contributed by atoms with Crippen LogP contribution in [0.5, 0.6) is 0 Å². The SMILES string of the molecule is O=C1CCC2(CNC(=O)c3ccc4ccccc4n3)CCCC=C2N1. The van der Waals surface area contributed by atoms with Gasteiger partial charge in [-0.05, 0) is 37.8 Å². The second kappa shape index (κ2) is 6.31. The molecule has 2 amide bonds. The number of carbonyl (C=O) groups is 2.